The number of carbonyl (C=O) groups is 2. The van der Waals surface area contributed by atoms with Crippen LogP contribution in [0.2, 0.25) is 0 Å². The summed E-state index contributed by atoms with van der Waals surface area (Å²) in [5.74, 6) is 0.0778. The van der Waals surface area contributed by atoms with Crippen molar-refractivity contribution in [1.82, 2.24) is 4.31 Å². The molecule has 0 bridgehead atoms. The minimum atomic E-state index is -4.09. The zero-order valence-electron chi connectivity index (χ0n) is 18.9. The van der Waals surface area contributed by atoms with E-state index >= 15 is 0 Å². The SMILES string of the molecule is CCC(C)(C)N(C1CC(=O)N(c2ccc(OC)cc2)C1=O)S(=O)(=O)c1ccc(OC)cc1. The number of amides is 2. The number of anilines is 1. The number of rotatable bonds is 8. The molecule has 1 unspecified atom stereocenters. The monoisotopic (exact) mass is 460 g/mol. The van der Waals surface area contributed by atoms with Crippen LogP contribution in [0.3, 0.4) is 0 Å². The van der Waals surface area contributed by atoms with Gasteiger partial charge in [-0.05, 0) is 68.8 Å². The van der Waals surface area contributed by atoms with Crippen molar-refractivity contribution in [2.45, 2.75) is 50.1 Å². The largest absolute Gasteiger partial charge is 0.497 e. The molecule has 32 heavy (non-hydrogen) atoms. The number of benzene rings is 2. The van der Waals surface area contributed by atoms with Gasteiger partial charge < -0.3 is 9.47 Å². The van der Waals surface area contributed by atoms with Crippen molar-refractivity contribution in [1.29, 1.82) is 0 Å². The Bertz CT molecular complexity index is 1090. The maximum absolute atomic E-state index is 13.7. The fraction of sp³-hybridized carbons (Fsp3) is 0.391. The average Bonchev–Trinajstić information content (AvgIpc) is 3.06. The lowest BCUT2D eigenvalue weighted by Gasteiger charge is -2.39. The van der Waals surface area contributed by atoms with Crippen LogP contribution in [0.15, 0.2) is 53.4 Å². The molecule has 0 aromatic heterocycles. The van der Waals surface area contributed by atoms with Crippen LogP contribution >= 0.6 is 0 Å². The van der Waals surface area contributed by atoms with E-state index < -0.39 is 33.4 Å². The van der Waals surface area contributed by atoms with Gasteiger partial charge in [0.25, 0.3) is 5.91 Å². The number of nitrogens with zero attached hydrogens (tertiary/aromatic N) is 2. The van der Waals surface area contributed by atoms with Crippen molar-refractivity contribution in [3.8, 4) is 11.5 Å². The number of hydrogen-bond acceptors (Lipinski definition) is 6. The van der Waals surface area contributed by atoms with E-state index in [2.05, 4.69) is 0 Å². The van der Waals surface area contributed by atoms with E-state index in [1.807, 2.05) is 6.92 Å². The Morgan fingerprint density at radius 1 is 0.969 bits per heavy atom. The van der Waals surface area contributed by atoms with Crippen molar-refractivity contribution in [3.63, 3.8) is 0 Å². The van der Waals surface area contributed by atoms with E-state index in [0.717, 1.165) is 4.90 Å². The maximum atomic E-state index is 13.7. The molecule has 8 nitrogen and oxygen atoms in total. The fourth-order valence-corrected chi connectivity index (χ4v) is 5.72. The van der Waals surface area contributed by atoms with Gasteiger partial charge in [-0.2, -0.15) is 4.31 Å². The van der Waals surface area contributed by atoms with Gasteiger partial charge in [0.1, 0.15) is 17.5 Å². The first-order chi connectivity index (χ1) is 15.1. The Morgan fingerprint density at radius 2 is 1.47 bits per heavy atom. The van der Waals surface area contributed by atoms with Crippen molar-refractivity contribution in [2.24, 2.45) is 0 Å². The standard InChI is InChI=1S/C23H28N2O6S/c1-6-23(2,3)25(32(28,29)19-13-11-18(31-5)12-14-19)20-15-21(26)24(22(20)27)16-7-9-17(30-4)10-8-16/h7-14,20H,6,15H2,1-5H3. The maximum Gasteiger partial charge on any atom is 0.252 e. The van der Waals surface area contributed by atoms with Crippen LogP contribution in [-0.4, -0.2) is 50.3 Å². The third kappa shape index (κ3) is 4.22. The van der Waals surface area contributed by atoms with Crippen molar-refractivity contribution in [2.75, 3.05) is 19.1 Å². The predicted molar refractivity (Wildman–Crippen MR) is 120 cm³/mol. The number of carbonyl (C=O) groups excluding carboxylic acids is 2. The lowest BCUT2D eigenvalue weighted by atomic mass is 10.00. The second-order valence-electron chi connectivity index (χ2n) is 8.13. The molecular formula is C23H28N2O6S. The third-order valence-corrected chi connectivity index (χ3v) is 7.95. The van der Waals surface area contributed by atoms with Crippen LogP contribution in [-0.2, 0) is 19.6 Å². The van der Waals surface area contributed by atoms with E-state index in [0.29, 0.717) is 23.6 Å². The topological polar surface area (TPSA) is 93.2 Å². The summed E-state index contributed by atoms with van der Waals surface area (Å²) in [6, 6.07) is 11.3. The average molecular weight is 461 g/mol. The lowest BCUT2D eigenvalue weighted by molar-refractivity contribution is -0.122. The molecule has 1 heterocycles. The Morgan fingerprint density at radius 3 is 1.94 bits per heavy atom. The summed E-state index contributed by atoms with van der Waals surface area (Å²) < 4.78 is 38.8. The van der Waals surface area contributed by atoms with E-state index in [4.69, 9.17) is 9.47 Å². The molecule has 1 aliphatic rings. The summed E-state index contributed by atoms with van der Waals surface area (Å²) in [7, 11) is -1.08. The van der Waals surface area contributed by atoms with E-state index in [1.54, 1.807) is 50.2 Å². The van der Waals surface area contributed by atoms with Gasteiger partial charge in [-0.3, -0.25) is 9.59 Å². The molecule has 3 rings (SSSR count). The normalized spacial score (nSPS) is 17.2. The van der Waals surface area contributed by atoms with Gasteiger partial charge in [0.15, 0.2) is 0 Å². The quantitative estimate of drug-likeness (QED) is 0.562. The van der Waals surface area contributed by atoms with Gasteiger partial charge >= 0.3 is 0 Å². The van der Waals surface area contributed by atoms with Crippen LogP contribution < -0.4 is 14.4 Å². The smallest absolute Gasteiger partial charge is 0.252 e. The van der Waals surface area contributed by atoms with Crippen LogP contribution in [0.4, 0.5) is 5.69 Å². The highest BCUT2D eigenvalue weighted by molar-refractivity contribution is 7.89. The van der Waals surface area contributed by atoms with Crippen LogP contribution in [0, 0.1) is 0 Å². The minimum Gasteiger partial charge on any atom is -0.497 e. The number of imide groups is 1. The zero-order valence-corrected chi connectivity index (χ0v) is 19.7. The van der Waals surface area contributed by atoms with Crippen LogP contribution in [0.25, 0.3) is 0 Å². The Hall–Kier alpha value is -2.91. The molecule has 1 aliphatic heterocycles. The highest BCUT2D eigenvalue weighted by Gasteiger charge is 2.51. The summed E-state index contributed by atoms with van der Waals surface area (Å²) in [5.41, 5.74) is -0.533. The van der Waals surface area contributed by atoms with Crippen molar-refractivity contribution < 1.29 is 27.5 Å². The van der Waals surface area contributed by atoms with Gasteiger partial charge in [-0.25, -0.2) is 13.3 Å². The molecule has 2 amide bonds. The second kappa shape index (κ2) is 8.91. The molecule has 0 radical (unpaired) electrons. The molecule has 172 valence electrons. The molecule has 2 aromatic carbocycles. The summed E-state index contributed by atoms with van der Waals surface area (Å²) in [6.45, 7) is 5.35. The van der Waals surface area contributed by atoms with Crippen LogP contribution in [0.1, 0.15) is 33.6 Å². The summed E-state index contributed by atoms with van der Waals surface area (Å²) in [5, 5.41) is 0. The molecule has 9 heteroatoms. The molecule has 1 fully saturated rings. The summed E-state index contributed by atoms with van der Waals surface area (Å²) >= 11 is 0. The molecule has 2 aromatic rings. The first kappa shape index (κ1) is 23.7. The molecule has 0 aliphatic carbocycles. The van der Waals surface area contributed by atoms with Crippen molar-refractivity contribution in [3.05, 3.63) is 48.5 Å². The first-order valence-corrected chi connectivity index (χ1v) is 11.7. The summed E-state index contributed by atoms with van der Waals surface area (Å²) in [6.07, 6.45) is 0.215. The molecule has 0 spiro atoms. The highest BCUT2D eigenvalue weighted by atomic mass is 32.2. The highest BCUT2D eigenvalue weighted by Crippen LogP contribution is 2.36. The molecular weight excluding hydrogens is 432 g/mol. The van der Waals surface area contributed by atoms with E-state index in [-0.39, 0.29) is 11.3 Å². The number of methoxy groups -OCH3 is 2. The molecule has 1 saturated heterocycles. The lowest BCUT2D eigenvalue weighted by Crippen LogP contribution is -2.55. The minimum absolute atomic E-state index is 0.0305. The number of hydrogen-bond donors (Lipinski definition) is 0. The second-order valence-corrected chi connectivity index (χ2v) is 9.94. The van der Waals surface area contributed by atoms with Gasteiger partial charge in [-0.15, -0.1) is 0 Å². The molecule has 0 N–H and O–H groups in total. The van der Waals surface area contributed by atoms with E-state index in [9.17, 15) is 18.0 Å². The van der Waals surface area contributed by atoms with Crippen LogP contribution in [0.5, 0.6) is 11.5 Å². The third-order valence-electron chi connectivity index (χ3n) is 5.81. The Labute approximate surface area is 188 Å². The molecule has 0 saturated carbocycles. The number of sulfonamides is 1. The van der Waals surface area contributed by atoms with Crippen molar-refractivity contribution >= 4 is 27.5 Å². The van der Waals surface area contributed by atoms with Gasteiger partial charge in [0.05, 0.1) is 31.2 Å². The van der Waals surface area contributed by atoms with Gasteiger partial charge in [-0.1, -0.05) is 6.92 Å². The number of ether oxygens (including phenoxy) is 2. The van der Waals surface area contributed by atoms with E-state index in [1.165, 1.54) is 30.7 Å². The van der Waals surface area contributed by atoms with Gasteiger partial charge in [0, 0.05) is 5.54 Å². The fourth-order valence-electron chi connectivity index (χ4n) is 3.73. The summed E-state index contributed by atoms with van der Waals surface area (Å²) in [4.78, 5) is 27.3. The zero-order chi connectivity index (χ0) is 23.7. The first-order valence-electron chi connectivity index (χ1n) is 10.3. The Kier molecular flexibility index (Phi) is 6.61. The predicted octanol–water partition coefficient (Wildman–Crippen LogP) is 3.22. The Balaban J connectivity index is 2.04. The van der Waals surface area contributed by atoms with Gasteiger partial charge in [0.2, 0.25) is 15.9 Å². The molecule has 1 atom stereocenters.